The molecule has 3 nitrogen and oxygen atoms in total. The van der Waals surface area contributed by atoms with Crippen molar-refractivity contribution in [2.24, 2.45) is 0 Å². The molecular formula is C14H15F2NO2. The highest BCUT2D eigenvalue weighted by Crippen LogP contribution is 2.17. The van der Waals surface area contributed by atoms with Crippen LogP contribution in [0.1, 0.15) is 23.7 Å². The number of nitrogens with zero attached hydrogens (tertiary/aromatic N) is 1. The fourth-order valence-electron chi connectivity index (χ4n) is 1.62. The number of amides is 1. The van der Waals surface area contributed by atoms with Gasteiger partial charge in [0, 0.05) is 12.1 Å². The Hall–Kier alpha value is -2.09. The van der Waals surface area contributed by atoms with Gasteiger partial charge >= 0.3 is 6.61 Å². The number of ether oxygens (including phenoxy) is 1. The van der Waals surface area contributed by atoms with Crippen LogP contribution in [0.25, 0.3) is 0 Å². The van der Waals surface area contributed by atoms with Crippen LogP contribution in [0.5, 0.6) is 5.75 Å². The van der Waals surface area contributed by atoms with Gasteiger partial charge in [0.15, 0.2) is 0 Å². The summed E-state index contributed by atoms with van der Waals surface area (Å²) in [7, 11) is 0. The summed E-state index contributed by atoms with van der Waals surface area (Å²) in [6, 6.07) is 5.69. The standard InChI is InChI=1S/C14H15F2NO2/c1-3-8-17(9-4-2)13(18)11-6-5-7-12(10-11)19-14(15)16/h1,5-7,10,14H,4,8-9H2,2H3. The van der Waals surface area contributed by atoms with Gasteiger partial charge in [0.2, 0.25) is 0 Å². The van der Waals surface area contributed by atoms with Crippen molar-refractivity contribution in [1.82, 2.24) is 4.90 Å². The first-order valence-corrected chi connectivity index (χ1v) is 5.86. The Morgan fingerprint density at radius 2 is 2.26 bits per heavy atom. The molecule has 0 aliphatic carbocycles. The maximum atomic E-state index is 12.2. The molecule has 0 saturated heterocycles. The predicted octanol–water partition coefficient (Wildman–Crippen LogP) is 2.77. The molecule has 0 heterocycles. The van der Waals surface area contributed by atoms with Crippen LogP contribution in [0.15, 0.2) is 24.3 Å². The van der Waals surface area contributed by atoms with Gasteiger partial charge in [0.25, 0.3) is 5.91 Å². The van der Waals surface area contributed by atoms with Gasteiger partial charge < -0.3 is 9.64 Å². The topological polar surface area (TPSA) is 29.5 Å². The lowest BCUT2D eigenvalue weighted by molar-refractivity contribution is -0.0499. The highest BCUT2D eigenvalue weighted by molar-refractivity contribution is 5.94. The maximum Gasteiger partial charge on any atom is 0.387 e. The summed E-state index contributed by atoms with van der Waals surface area (Å²) in [4.78, 5) is 13.6. The second kappa shape index (κ2) is 7.37. The molecule has 0 unspecified atom stereocenters. The molecule has 0 fully saturated rings. The van der Waals surface area contributed by atoms with Crippen molar-refractivity contribution in [3.8, 4) is 18.1 Å². The Morgan fingerprint density at radius 1 is 1.53 bits per heavy atom. The second-order valence-electron chi connectivity index (χ2n) is 3.84. The summed E-state index contributed by atoms with van der Waals surface area (Å²) in [5, 5.41) is 0. The molecule has 102 valence electrons. The van der Waals surface area contributed by atoms with Crippen molar-refractivity contribution in [3.63, 3.8) is 0 Å². The van der Waals surface area contributed by atoms with Crippen LogP contribution in [-0.4, -0.2) is 30.5 Å². The Bertz CT molecular complexity index is 469. The normalized spacial score (nSPS) is 10.1. The van der Waals surface area contributed by atoms with Gasteiger partial charge in [0.1, 0.15) is 5.75 Å². The van der Waals surface area contributed by atoms with Crippen LogP contribution in [-0.2, 0) is 0 Å². The zero-order chi connectivity index (χ0) is 14.3. The predicted molar refractivity (Wildman–Crippen MR) is 68.1 cm³/mol. The Labute approximate surface area is 111 Å². The first-order valence-electron chi connectivity index (χ1n) is 5.86. The maximum absolute atomic E-state index is 12.2. The van der Waals surface area contributed by atoms with Crippen molar-refractivity contribution in [1.29, 1.82) is 0 Å². The number of alkyl halides is 2. The average molecular weight is 267 g/mol. The van der Waals surface area contributed by atoms with Crippen molar-refractivity contribution in [3.05, 3.63) is 29.8 Å². The number of rotatable bonds is 6. The summed E-state index contributed by atoms with van der Waals surface area (Å²) in [5.41, 5.74) is 0.279. The van der Waals surface area contributed by atoms with E-state index in [1.807, 2.05) is 6.92 Å². The molecule has 0 saturated carbocycles. The van der Waals surface area contributed by atoms with Gasteiger partial charge in [-0.15, -0.1) is 6.42 Å². The second-order valence-corrected chi connectivity index (χ2v) is 3.84. The largest absolute Gasteiger partial charge is 0.435 e. The zero-order valence-corrected chi connectivity index (χ0v) is 10.6. The number of terminal acetylenes is 1. The van der Waals surface area contributed by atoms with E-state index in [0.717, 1.165) is 6.42 Å². The number of carbonyl (C=O) groups excluding carboxylic acids is 1. The molecule has 0 radical (unpaired) electrons. The average Bonchev–Trinajstić information content (AvgIpc) is 2.37. The molecule has 0 aromatic heterocycles. The number of hydrogen-bond donors (Lipinski definition) is 0. The fourth-order valence-corrected chi connectivity index (χ4v) is 1.62. The Balaban J connectivity index is 2.88. The number of hydrogen-bond acceptors (Lipinski definition) is 2. The third kappa shape index (κ3) is 4.59. The number of benzene rings is 1. The molecule has 0 bridgehead atoms. The highest BCUT2D eigenvalue weighted by Gasteiger charge is 2.15. The monoisotopic (exact) mass is 267 g/mol. The number of halogens is 2. The van der Waals surface area contributed by atoms with Crippen molar-refractivity contribution >= 4 is 5.91 Å². The molecule has 1 amide bonds. The molecule has 0 spiro atoms. The molecule has 1 aromatic carbocycles. The van der Waals surface area contributed by atoms with E-state index in [9.17, 15) is 13.6 Å². The smallest absolute Gasteiger partial charge is 0.387 e. The van der Waals surface area contributed by atoms with Gasteiger partial charge in [0.05, 0.1) is 6.54 Å². The van der Waals surface area contributed by atoms with Gasteiger partial charge in [-0.05, 0) is 24.6 Å². The first kappa shape index (κ1) is 15.0. The van der Waals surface area contributed by atoms with Crippen LogP contribution in [0, 0.1) is 12.3 Å². The molecule has 1 rings (SSSR count). The van der Waals surface area contributed by atoms with E-state index >= 15 is 0 Å². The van der Waals surface area contributed by atoms with Crippen LogP contribution < -0.4 is 4.74 Å². The molecule has 1 aromatic rings. The minimum atomic E-state index is -2.91. The van der Waals surface area contributed by atoms with Crippen LogP contribution >= 0.6 is 0 Å². The van der Waals surface area contributed by atoms with Crippen LogP contribution in [0.3, 0.4) is 0 Å². The van der Waals surface area contributed by atoms with Crippen LogP contribution in [0.2, 0.25) is 0 Å². The third-order valence-electron chi connectivity index (χ3n) is 2.37. The summed E-state index contributed by atoms with van der Waals surface area (Å²) in [5.74, 6) is 2.07. The molecule has 0 aliphatic rings. The summed E-state index contributed by atoms with van der Waals surface area (Å²) >= 11 is 0. The molecule has 0 aliphatic heterocycles. The Morgan fingerprint density at radius 3 is 2.84 bits per heavy atom. The summed E-state index contributed by atoms with van der Waals surface area (Å²) in [6.07, 6.45) is 5.97. The van der Waals surface area contributed by atoms with Crippen molar-refractivity contribution < 1.29 is 18.3 Å². The minimum Gasteiger partial charge on any atom is -0.435 e. The van der Waals surface area contributed by atoms with Gasteiger partial charge in [-0.1, -0.05) is 18.9 Å². The lowest BCUT2D eigenvalue weighted by atomic mass is 10.2. The van der Waals surface area contributed by atoms with Crippen molar-refractivity contribution in [2.75, 3.05) is 13.1 Å². The highest BCUT2D eigenvalue weighted by atomic mass is 19.3. The zero-order valence-electron chi connectivity index (χ0n) is 10.6. The molecule has 0 N–H and O–H groups in total. The third-order valence-corrected chi connectivity index (χ3v) is 2.37. The van der Waals surface area contributed by atoms with E-state index in [1.54, 1.807) is 6.07 Å². The van der Waals surface area contributed by atoms with E-state index in [1.165, 1.54) is 23.1 Å². The van der Waals surface area contributed by atoms with E-state index < -0.39 is 6.61 Å². The SMILES string of the molecule is C#CCN(CCC)C(=O)c1cccc(OC(F)F)c1. The van der Waals surface area contributed by atoms with Crippen LogP contribution in [0.4, 0.5) is 8.78 Å². The Kier molecular flexibility index (Phi) is 5.80. The van der Waals surface area contributed by atoms with Gasteiger partial charge in [-0.2, -0.15) is 8.78 Å². The van der Waals surface area contributed by atoms with E-state index in [2.05, 4.69) is 10.7 Å². The van der Waals surface area contributed by atoms with E-state index in [-0.39, 0.29) is 23.8 Å². The van der Waals surface area contributed by atoms with E-state index in [4.69, 9.17) is 6.42 Å². The quantitative estimate of drug-likeness (QED) is 0.742. The fraction of sp³-hybridized carbons (Fsp3) is 0.357. The molecule has 5 heteroatoms. The lowest BCUT2D eigenvalue weighted by Gasteiger charge is -2.19. The van der Waals surface area contributed by atoms with E-state index in [0.29, 0.717) is 6.54 Å². The summed E-state index contributed by atoms with van der Waals surface area (Å²) in [6.45, 7) is -0.286. The van der Waals surface area contributed by atoms with Crippen molar-refractivity contribution in [2.45, 2.75) is 20.0 Å². The van der Waals surface area contributed by atoms with Gasteiger partial charge in [-0.25, -0.2) is 0 Å². The summed E-state index contributed by atoms with van der Waals surface area (Å²) < 4.78 is 28.5. The molecular weight excluding hydrogens is 252 g/mol. The lowest BCUT2D eigenvalue weighted by Crippen LogP contribution is -2.32. The first-order chi connectivity index (χ1) is 9.08. The number of carbonyl (C=O) groups is 1. The van der Waals surface area contributed by atoms with Gasteiger partial charge in [-0.3, -0.25) is 4.79 Å². The molecule has 19 heavy (non-hydrogen) atoms. The minimum absolute atomic E-state index is 0.0435. The molecule has 0 atom stereocenters.